The van der Waals surface area contributed by atoms with Gasteiger partial charge in [-0.2, -0.15) is 0 Å². The molecule has 1 amide bonds. The van der Waals surface area contributed by atoms with E-state index in [9.17, 15) is 14.9 Å². The number of nitro groups is 1. The number of hydrogen-bond donors (Lipinski definition) is 1. The molecule has 108 valence electrons. The topological polar surface area (TPSA) is 101 Å². The Kier molecular flexibility index (Phi) is 4.07. The molecule has 1 aromatic heterocycles. The van der Waals surface area contributed by atoms with E-state index in [4.69, 9.17) is 0 Å². The van der Waals surface area contributed by atoms with Crippen LogP contribution in [0, 0.1) is 10.1 Å². The summed E-state index contributed by atoms with van der Waals surface area (Å²) >= 11 is 0. The van der Waals surface area contributed by atoms with Gasteiger partial charge >= 0.3 is 0 Å². The molecule has 2 aromatic rings. The van der Waals surface area contributed by atoms with Gasteiger partial charge < -0.3 is 10.2 Å². The lowest BCUT2D eigenvalue weighted by Gasteiger charge is -2.16. The molecule has 1 aromatic carbocycles. The van der Waals surface area contributed by atoms with Crippen LogP contribution in [0.15, 0.2) is 36.7 Å². The Labute approximate surface area is 120 Å². The first-order valence-electron chi connectivity index (χ1n) is 6.05. The lowest BCUT2D eigenvalue weighted by molar-refractivity contribution is -0.384. The zero-order valence-corrected chi connectivity index (χ0v) is 11.5. The molecule has 0 aliphatic rings. The summed E-state index contributed by atoms with van der Waals surface area (Å²) in [7, 11) is 3.25. The number of nitrogens with zero attached hydrogens (tertiary/aromatic N) is 4. The largest absolute Gasteiger partial charge is 0.372 e. The normalized spacial score (nSPS) is 10.0. The maximum Gasteiger partial charge on any atom is 0.278 e. The fraction of sp³-hybridized carbons (Fsp3) is 0.154. The minimum atomic E-state index is -0.493. The van der Waals surface area contributed by atoms with E-state index in [0.29, 0.717) is 11.5 Å². The maximum absolute atomic E-state index is 12.3. The van der Waals surface area contributed by atoms with Gasteiger partial charge in [0.2, 0.25) is 0 Å². The molecule has 0 spiro atoms. The molecule has 0 radical (unpaired) electrons. The van der Waals surface area contributed by atoms with Gasteiger partial charge in [-0.15, -0.1) is 0 Å². The Bertz CT molecular complexity index is 672. The number of carbonyl (C=O) groups is 1. The number of amides is 1. The minimum Gasteiger partial charge on any atom is -0.372 e. The van der Waals surface area contributed by atoms with Crippen LogP contribution in [0.1, 0.15) is 10.5 Å². The van der Waals surface area contributed by atoms with Gasteiger partial charge in [0.1, 0.15) is 11.5 Å². The van der Waals surface area contributed by atoms with Crippen molar-refractivity contribution in [2.24, 2.45) is 0 Å². The highest BCUT2D eigenvalue weighted by Gasteiger charge is 2.16. The van der Waals surface area contributed by atoms with Gasteiger partial charge in [-0.3, -0.25) is 19.9 Å². The van der Waals surface area contributed by atoms with Crippen LogP contribution in [-0.2, 0) is 0 Å². The highest BCUT2D eigenvalue weighted by atomic mass is 16.6. The van der Waals surface area contributed by atoms with E-state index in [1.807, 2.05) is 0 Å². The molecule has 1 heterocycles. The first-order valence-corrected chi connectivity index (χ1v) is 6.05. The van der Waals surface area contributed by atoms with Crippen molar-refractivity contribution < 1.29 is 9.72 Å². The first-order chi connectivity index (χ1) is 10.0. The number of non-ortho nitro benzene ring substituents is 1. The van der Waals surface area contributed by atoms with Crippen molar-refractivity contribution >= 4 is 23.1 Å². The second kappa shape index (κ2) is 5.95. The van der Waals surface area contributed by atoms with Crippen LogP contribution in [0.25, 0.3) is 0 Å². The van der Waals surface area contributed by atoms with E-state index in [0.717, 1.165) is 0 Å². The van der Waals surface area contributed by atoms with Crippen molar-refractivity contribution in [3.63, 3.8) is 0 Å². The Morgan fingerprint density at radius 1 is 1.29 bits per heavy atom. The van der Waals surface area contributed by atoms with Crippen LogP contribution < -0.4 is 10.2 Å². The lowest BCUT2D eigenvalue weighted by Crippen LogP contribution is -2.27. The van der Waals surface area contributed by atoms with Gasteiger partial charge in [-0.05, 0) is 12.1 Å². The van der Waals surface area contributed by atoms with Crippen molar-refractivity contribution in [3.8, 4) is 0 Å². The van der Waals surface area contributed by atoms with E-state index in [1.54, 1.807) is 14.1 Å². The first kappa shape index (κ1) is 14.4. The van der Waals surface area contributed by atoms with E-state index >= 15 is 0 Å². The zero-order valence-electron chi connectivity index (χ0n) is 11.5. The SMILES string of the molecule is CNc1cncc(C(=O)N(C)c2ccc([N+](=O)[O-])cc2)n1. The summed E-state index contributed by atoms with van der Waals surface area (Å²) < 4.78 is 0. The number of hydrogen-bond acceptors (Lipinski definition) is 6. The van der Waals surface area contributed by atoms with Crippen LogP contribution >= 0.6 is 0 Å². The predicted octanol–water partition coefficient (Wildman–Crippen LogP) is 1.70. The maximum atomic E-state index is 12.3. The van der Waals surface area contributed by atoms with Gasteiger partial charge in [0.15, 0.2) is 0 Å². The third kappa shape index (κ3) is 3.11. The van der Waals surface area contributed by atoms with Crippen molar-refractivity contribution in [2.45, 2.75) is 0 Å². The Hall–Kier alpha value is -3.03. The van der Waals surface area contributed by atoms with E-state index in [-0.39, 0.29) is 17.3 Å². The van der Waals surface area contributed by atoms with Gasteiger partial charge in [-0.25, -0.2) is 4.98 Å². The third-order valence-electron chi connectivity index (χ3n) is 2.86. The van der Waals surface area contributed by atoms with E-state index in [1.165, 1.54) is 41.6 Å². The summed E-state index contributed by atoms with van der Waals surface area (Å²) in [6.45, 7) is 0. The Morgan fingerprint density at radius 2 is 1.95 bits per heavy atom. The number of nitro benzene ring substituents is 1. The van der Waals surface area contributed by atoms with Gasteiger partial charge in [0, 0.05) is 31.9 Å². The second-order valence-electron chi connectivity index (χ2n) is 4.18. The quantitative estimate of drug-likeness (QED) is 0.678. The highest BCUT2D eigenvalue weighted by Crippen LogP contribution is 2.19. The van der Waals surface area contributed by atoms with Crippen molar-refractivity contribution in [1.82, 2.24) is 9.97 Å². The third-order valence-corrected chi connectivity index (χ3v) is 2.86. The molecule has 0 atom stereocenters. The molecule has 8 heteroatoms. The van der Waals surface area contributed by atoms with Gasteiger partial charge in [0.25, 0.3) is 11.6 Å². The summed E-state index contributed by atoms with van der Waals surface area (Å²) in [5.41, 5.74) is 0.682. The molecule has 0 aliphatic heterocycles. The standard InChI is InChI=1S/C13H13N5O3/c1-14-12-8-15-7-11(16-12)13(19)17(2)9-3-5-10(6-4-9)18(20)21/h3-8H,1-2H3,(H,14,16). The summed E-state index contributed by atoms with van der Waals surface area (Å²) in [6.07, 6.45) is 2.87. The summed E-state index contributed by atoms with van der Waals surface area (Å²) in [5.74, 6) is 0.131. The number of benzene rings is 1. The number of carbonyl (C=O) groups excluding carboxylic acids is 1. The second-order valence-corrected chi connectivity index (χ2v) is 4.18. The molecular formula is C13H13N5O3. The number of rotatable bonds is 4. The molecule has 0 unspecified atom stereocenters. The van der Waals surface area contributed by atoms with Crippen molar-refractivity contribution in [3.05, 3.63) is 52.5 Å². The Balaban J connectivity index is 2.23. The number of aromatic nitrogens is 2. The molecule has 1 N–H and O–H groups in total. The molecule has 0 saturated carbocycles. The fourth-order valence-corrected chi connectivity index (χ4v) is 1.68. The zero-order chi connectivity index (χ0) is 15.4. The predicted molar refractivity (Wildman–Crippen MR) is 77.4 cm³/mol. The molecule has 0 bridgehead atoms. The average molecular weight is 287 g/mol. The van der Waals surface area contributed by atoms with Crippen LogP contribution in [0.2, 0.25) is 0 Å². The molecule has 8 nitrogen and oxygen atoms in total. The fourth-order valence-electron chi connectivity index (χ4n) is 1.68. The monoisotopic (exact) mass is 287 g/mol. The van der Waals surface area contributed by atoms with Gasteiger partial charge in [-0.1, -0.05) is 0 Å². The number of anilines is 2. The molecule has 2 rings (SSSR count). The van der Waals surface area contributed by atoms with Crippen LogP contribution in [0.4, 0.5) is 17.2 Å². The number of nitrogens with one attached hydrogen (secondary N) is 1. The van der Waals surface area contributed by atoms with E-state index in [2.05, 4.69) is 15.3 Å². The molecular weight excluding hydrogens is 274 g/mol. The molecule has 0 fully saturated rings. The summed E-state index contributed by atoms with van der Waals surface area (Å²) in [6, 6.07) is 5.69. The summed E-state index contributed by atoms with van der Waals surface area (Å²) in [5, 5.41) is 13.4. The van der Waals surface area contributed by atoms with Gasteiger partial charge in [0.05, 0.1) is 17.3 Å². The minimum absolute atomic E-state index is 0.0310. The average Bonchev–Trinajstić information content (AvgIpc) is 2.53. The Morgan fingerprint density at radius 3 is 2.52 bits per heavy atom. The summed E-state index contributed by atoms with van der Waals surface area (Å²) in [4.78, 5) is 31.8. The molecule has 21 heavy (non-hydrogen) atoms. The molecule has 0 saturated heterocycles. The van der Waals surface area contributed by atoms with Crippen LogP contribution in [0.3, 0.4) is 0 Å². The highest BCUT2D eigenvalue weighted by molar-refractivity contribution is 6.04. The van der Waals surface area contributed by atoms with Crippen molar-refractivity contribution in [2.75, 3.05) is 24.3 Å². The van der Waals surface area contributed by atoms with E-state index < -0.39 is 4.92 Å². The van der Waals surface area contributed by atoms with Crippen molar-refractivity contribution in [1.29, 1.82) is 0 Å². The van der Waals surface area contributed by atoms with Crippen LogP contribution in [-0.4, -0.2) is 34.9 Å². The smallest absolute Gasteiger partial charge is 0.278 e. The molecule has 0 aliphatic carbocycles. The van der Waals surface area contributed by atoms with Crippen LogP contribution in [0.5, 0.6) is 0 Å². The lowest BCUT2D eigenvalue weighted by atomic mass is 10.2.